The number of methoxy groups -OCH3 is 1. The Morgan fingerprint density at radius 2 is 2.35 bits per heavy atom. The number of nitrogens with one attached hydrogen (secondary N) is 1. The lowest BCUT2D eigenvalue weighted by Crippen LogP contribution is -2.17. The fourth-order valence-electron chi connectivity index (χ4n) is 1.83. The van der Waals surface area contributed by atoms with Crippen molar-refractivity contribution in [2.75, 3.05) is 12.8 Å². The number of hydrazone groups is 1. The summed E-state index contributed by atoms with van der Waals surface area (Å²) >= 11 is 7.10. The van der Waals surface area contributed by atoms with E-state index in [0.717, 1.165) is 11.3 Å². The summed E-state index contributed by atoms with van der Waals surface area (Å²) in [6.45, 7) is 1.88. The number of phenols is 1. The summed E-state index contributed by atoms with van der Waals surface area (Å²) < 4.78 is 4.94. The van der Waals surface area contributed by atoms with Crippen LogP contribution in [0.3, 0.4) is 0 Å². The molecule has 0 unspecified atom stereocenters. The van der Waals surface area contributed by atoms with Crippen LogP contribution in [0.1, 0.15) is 27.9 Å². The second kappa shape index (κ2) is 7.30. The van der Waals surface area contributed by atoms with Gasteiger partial charge in [0.15, 0.2) is 16.6 Å². The van der Waals surface area contributed by atoms with Crippen molar-refractivity contribution in [3.8, 4) is 11.5 Å². The van der Waals surface area contributed by atoms with Crippen LogP contribution in [0.5, 0.6) is 11.5 Å². The van der Waals surface area contributed by atoms with Crippen molar-refractivity contribution in [1.29, 1.82) is 0 Å². The quantitative estimate of drug-likeness (QED) is 0.564. The van der Waals surface area contributed by atoms with Gasteiger partial charge < -0.3 is 15.6 Å². The zero-order chi connectivity index (χ0) is 17.0. The van der Waals surface area contributed by atoms with Gasteiger partial charge in [0.2, 0.25) is 0 Å². The van der Waals surface area contributed by atoms with Gasteiger partial charge in [-0.25, -0.2) is 10.4 Å². The van der Waals surface area contributed by atoms with Crippen LogP contribution in [0.2, 0.25) is 5.02 Å². The average molecular weight is 355 g/mol. The van der Waals surface area contributed by atoms with Gasteiger partial charge in [-0.1, -0.05) is 29.9 Å². The van der Waals surface area contributed by atoms with E-state index in [1.165, 1.54) is 13.3 Å². The molecule has 0 fully saturated rings. The highest BCUT2D eigenvalue weighted by Gasteiger charge is 2.15. The number of aromatic hydroxyl groups is 1. The van der Waals surface area contributed by atoms with Crippen molar-refractivity contribution >= 4 is 40.2 Å². The van der Waals surface area contributed by atoms with Gasteiger partial charge in [0, 0.05) is 5.56 Å². The Kier molecular flexibility index (Phi) is 5.41. The van der Waals surface area contributed by atoms with E-state index in [4.69, 9.17) is 22.1 Å². The van der Waals surface area contributed by atoms with Gasteiger partial charge in [0.25, 0.3) is 5.91 Å². The van der Waals surface area contributed by atoms with Crippen molar-refractivity contribution in [2.24, 2.45) is 5.10 Å². The van der Waals surface area contributed by atoms with Crippen LogP contribution in [-0.2, 0) is 6.42 Å². The Hall–Kier alpha value is -2.32. The third-order valence-corrected chi connectivity index (χ3v) is 4.28. The maximum absolute atomic E-state index is 12.1. The van der Waals surface area contributed by atoms with E-state index in [1.54, 1.807) is 12.1 Å². The molecule has 1 heterocycles. The predicted octanol–water partition coefficient (Wildman–Crippen LogP) is 2.42. The van der Waals surface area contributed by atoms with Crippen molar-refractivity contribution in [3.63, 3.8) is 0 Å². The average Bonchev–Trinajstić information content (AvgIpc) is 2.92. The fraction of sp³-hybridized carbons (Fsp3) is 0.214. The molecule has 7 nitrogen and oxygen atoms in total. The van der Waals surface area contributed by atoms with Gasteiger partial charge in [0.1, 0.15) is 4.88 Å². The Morgan fingerprint density at radius 3 is 3.00 bits per heavy atom. The van der Waals surface area contributed by atoms with E-state index in [9.17, 15) is 9.90 Å². The number of halogens is 1. The summed E-state index contributed by atoms with van der Waals surface area (Å²) in [5.74, 6) is -0.335. The molecule has 0 aliphatic rings. The number of amides is 1. The third-order valence-electron chi connectivity index (χ3n) is 2.95. The SMILES string of the molecule is CCc1nc(N)sc1C(=O)N/N=C\c1ccc(OC)c(O)c1Cl. The molecular formula is C14H15ClN4O3S. The minimum atomic E-state index is -0.402. The maximum atomic E-state index is 12.1. The first-order valence-corrected chi connectivity index (χ1v) is 7.81. The van der Waals surface area contributed by atoms with E-state index in [2.05, 4.69) is 15.5 Å². The minimum absolute atomic E-state index is 0.0821. The van der Waals surface area contributed by atoms with Crippen LogP contribution < -0.4 is 15.9 Å². The van der Waals surface area contributed by atoms with Crippen LogP contribution >= 0.6 is 22.9 Å². The van der Waals surface area contributed by atoms with Crippen LogP contribution in [0.15, 0.2) is 17.2 Å². The molecule has 4 N–H and O–H groups in total. The highest BCUT2D eigenvalue weighted by molar-refractivity contribution is 7.17. The van der Waals surface area contributed by atoms with Crippen LogP contribution in [-0.4, -0.2) is 29.3 Å². The number of nitrogens with zero attached hydrogens (tertiary/aromatic N) is 2. The van der Waals surface area contributed by atoms with Crippen molar-refractivity contribution in [1.82, 2.24) is 10.4 Å². The molecule has 0 saturated carbocycles. The molecule has 0 spiro atoms. The Morgan fingerprint density at radius 1 is 1.61 bits per heavy atom. The van der Waals surface area contributed by atoms with Crippen LogP contribution in [0, 0.1) is 0 Å². The Bertz CT molecular complexity index is 761. The molecule has 9 heteroatoms. The number of aromatic nitrogens is 1. The number of hydrogen-bond acceptors (Lipinski definition) is 7. The Balaban J connectivity index is 2.13. The molecule has 1 aromatic heterocycles. The minimum Gasteiger partial charge on any atom is -0.503 e. The van der Waals surface area contributed by atoms with E-state index in [0.29, 0.717) is 27.7 Å². The normalized spacial score (nSPS) is 10.9. The van der Waals surface area contributed by atoms with Crippen molar-refractivity contribution in [2.45, 2.75) is 13.3 Å². The number of ether oxygens (including phenoxy) is 1. The fourth-order valence-corrected chi connectivity index (χ4v) is 2.84. The second-order valence-electron chi connectivity index (χ2n) is 4.40. The molecule has 23 heavy (non-hydrogen) atoms. The number of phenolic OH excluding ortho intramolecular Hbond substituents is 1. The number of nitrogens with two attached hydrogens (primary N) is 1. The summed E-state index contributed by atoms with van der Waals surface area (Å²) in [6.07, 6.45) is 1.92. The number of aryl methyl sites for hydroxylation is 1. The number of anilines is 1. The molecule has 0 bridgehead atoms. The van der Waals surface area contributed by atoms with E-state index in [-0.39, 0.29) is 16.5 Å². The zero-order valence-electron chi connectivity index (χ0n) is 12.5. The van der Waals surface area contributed by atoms with Gasteiger partial charge >= 0.3 is 0 Å². The predicted molar refractivity (Wildman–Crippen MR) is 90.6 cm³/mol. The molecule has 2 rings (SSSR count). The van der Waals surface area contributed by atoms with Crippen molar-refractivity contribution < 1.29 is 14.6 Å². The van der Waals surface area contributed by atoms with Gasteiger partial charge in [-0.2, -0.15) is 5.10 Å². The lowest BCUT2D eigenvalue weighted by Gasteiger charge is -2.06. The van der Waals surface area contributed by atoms with E-state index >= 15 is 0 Å². The molecule has 0 atom stereocenters. The van der Waals surface area contributed by atoms with E-state index < -0.39 is 5.91 Å². The molecule has 2 aromatic rings. The largest absolute Gasteiger partial charge is 0.503 e. The number of nitrogen functional groups attached to an aromatic ring is 1. The first-order valence-electron chi connectivity index (χ1n) is 6.62. The summed E-state index contributed by atoms with van der Waals surface area (Å²) in [4.78, 5) is 16.6. The summed E-state index contributed by atoms with van der Waals surface area (Å²) in [7, 11) is 1.42. The standard InChI is InChI=1S/C14H15ClN4O3S/c1-3-8-12(23-14(16)18-8)13(21)19-17-6-7-4-5-9(22-2)11(20)10(7)15/h4-6,20H,3H2,1-2H3,(H2,16,18)(H,19,21)/b17-6-. The molecule has 1 aromatic carbocycles. The van der Waals surface area contributed by atoms with Gasteiger partial charge in [-0.15, -0.1) is 0 Å². The topological polar surface area (TPSA) is 110 Å². The molecule has 0 aliphatic carbocycles. The molecule has 0 saturated heterocycles. The van der Waals surface area contributed by atoms with Gasteiger partial charge in [0.05, 0.1) is 24.0 Å². The molecule has 0 aliphatic heterocycles. The lowest BCUT2D eigenvalue weighted by atomic mass is 10.2. The second-order valence-corrected chi connectivity index (χ2v) is 5.81. The smallest absolute Gasteiger partial charge is 0.283 e. The molecule has 0 radical (unpaired) electrons. The van der Waals surface area contributed by atoms with Gasteiger partial charge in [-0.05, 0) is 18.6 Å². The number of carbonyl (C=O) groups excluding carboxylic acids is 1. The molecule has 1 amide bonds. The Labute approximate surface area is 141 Å². The first-order chi connectivity index (χ1) is 11.0. The number of carbonyl (C=O) groups is 1. The monoisotopic (exact) mass is 354 g/mol. The number of hydrogen-bond donors (Lipinski definition) is 3. The number of thiazole rings is 1. The van der Waals surface area contributed by atoms with Crippen LogP contribution in [0.4, 0.5) is 5.13 Å². The van der Waals surface area contributed by atoms with Gasteiger partial charge in [-0.3, -0.25) is 4.79 Å². The zero-order valence-corrected chi connectivity index (χ0v) is 14.0. The molecular weight excluding hydrogens is 340 g/mol. The molecule has 122 valence electrons. The highest BCUT2D eigenvalue weighted by atomic mass is 35.5. The lowest BCUT2D eigenvalue weighted by molar-refractivity contribution is 0.0958. The highest BCUT2D eigenvalue weighted by Crippen LogP contribution is 2.35. The van der Waals surface area contributed by atoms with E-state index in [1.807, 2.05) is 6.92 Å². The van der Waals surface area contributed by atoms with Crippen LogP contribution in [0.25, 0.3) is 0 Å². The maximum Gasteiger partial charge on any atom is 0.283 e. The van der Waals surface area contributed by atoms with Crippen molar-refractivity contribution in [3.05, 3.63) is 33.3 Å². The summed E-state index contributed by atoms with van der Waals surface area (Å²) in [6, 6.07) is 3.15. The first kappa shape index (κ1) is 17.0. The summed E-state index contributed by atoms with van der Waals surface area (Å²) in [5.41, 5.74) is 9.05. The summed E-state index contributed by atoms with van der Waals surface area (Å²) in [5, 5.41) is 14.1. The third kappa shape index (κ3) is 3.72. The number of benzene rings is 1. The number of rotatable bonds is 5.